The molecule has 0 radical (unpaired) electrons. The zero-order chi connectivity index (χ0) is 12.3. The van der Waals surface area contributed by atoms with Crippen molar-refractivity contribution in [3.8, 4) is 5.88 Å². The molecule has 17 heavy (non-hydrogen) atoms. The van der Waals surface area contributed by atoms with Crippen LogP contribution in [0.25, 0.3) is 0 Å². The lowest BCUT2D eigenvalue weighted by molar-refractivity contribution is 0.397. The van der Waals surface area contributed by atoms with E-state index in [1.54, 1.807) is 12.1 Å². The normalized spacial score (nSPS) is 10.1. The van der Waals surface area contributed by atoms with Crippen LogP contribution in [-0.4, -0.2) is 17.1 Å². The molecule has 0 saturated carbocycles. The molecule has 0 saturated heterocycles. The molecular formula is C11H9ClFN3O. The third kappa shape index (κ3) is 3.04. The average Bonchev–Trinajstić information content (AvgIpc) is 2.28. The van der Waals surface area contributed by atoms with Gasteiger partial charge in [0.1, 0.15) is 11.0 Å². The summed E-state index contributed by atoms with van der Waals surface area (Å²) >= 11 is 5.78. The minimum atomic E-state index is -0.344. The van der Waals surface area contributed by atoms with Gasteiger partial charge >= 0.3 is 0 Å². The first-order chi connectivity index (χ1) is 8.17. The van der Waals surface area contributed by atoms with Crippen LogP contribution in [0.2, 0.25) is 5.15 Å². The predicted molar refractivity (Wildman–Crippen MR) is 63.3 cm³/mol. The lowest BCUT2D eigenvalue weighted by Crippen LogP contribution is -1.99. The number of methoxy groups -OCH3 is 1. The van der Waals surface area contributed by atoms with Crippen LogP contribution in [-0.2, 0) is 0 Å². The van der Waals surface area contributed by atoms with Crippen molar-refractivity contribution in [1.82, 2.24) is 9.97 Å². The van der Waals surface area contributed by atoms with Gasteiger partial charge in [-0.1, -0.05) is 17.7 Å². The van der Waals surface area contributed by atoms with Crippen LogP contribution in [0, 0.1) is 5.82 Å². The van der Waals surface area contributed by atoms with Gasteiger partial charge in [-0.05, 0) is 18.2 Å². The van der Waals surface area contributed by atoms with E-state index in [0.29, 0.717) is 11.6 Å². The molecule has 4 nitrogen and oxygen atoms in total. The van der Waals surface area contributed by atoms with E-state index in [1.165, 1.54) is 25.3 Å². The first kappa shape index (κ1) is 11.6. The summed E-state index contributed by atoms with van der Waals surface area (Å²) in [5.74, 6) is 0.243. The van der Waals surface area contributed by atoms with Gasteiger partial charge < -0.3 is 10.1 Å². The van der Waals surface area contributed by atoms with Gasteiger partial charge in [-0.3, -0.25) is 0 Å². The summed E-state index contributed by atoms with van der Waals surface area (Å²) in [6, 6.07) is 7.44. The van der Waals surface area contributed by atoms with Gasteiger partial charge in [0.25, 0.3) is 0 Å². The Hall–Kier alpha value is -1.88. The van der Waals surface area contributed by atoms with E-state index in [1.807, 2.05) is 0 Å². The van der Waals surface area contributed by atoms with Crippen molar-refractivity contribution < 1.29 is 9.13 Å². The molecule has 88 valence electrons. The van der Waals surface area contributed by atoms with Crippen LogP contribution in [0.3, 0.4) is 0 Å². The molecule has 0 fully saturated rings. The van der Waals surface area contributed by atoms with Gasteiger partial charge in [-0.15, -0.1) is 0 Å². The maximum atomic E-state index is 13.0. The molecule has 0 aliphatic rings. The van der Waals surface area contributed by atoms with Crippen molar-refractivity contribution in [3.05, 3.63) is 41.3 Å². The number of anilines is 2. The molecule has 1 heterocycles. The molecule has 2 rings (SSSR count). The number of rotatable bonds is 3. The van der Waals surface area contributed by atoms with Gasteiger partial charge in [-0.25, -0.2) is 9.37 Å². The highest BCUT2D eigenvalue weighted by atomic mass is 35.5. The fourth-order valence-electron chi connectivity index (χ4n) is 1.25. The van der Waals surface area contributed by atoms with E-state index in [-0.39, 0.29) is 16.9 Å². The summed E-state index contributed by atoms with van der Waals surface area (Å²) < 4.78 is 17.9. The second kappa shape index (κ2) is 4.97. The van der Waals surface area contributed by atoms with Gasteiger partial charge in [-0.2, -0.15) is 4.98 Å². The van der Waals surface area contributed by atoms with Crippen molar-refractivity contribution in [3.63, 3.8) is 0 Å². The Morgan fingerprint density at radius 1 is 1.29 bits per heavy atom. The molecule has 2 aromatic rings. The maximum Gasteiger partial charge on any atom is 0.231 e. The number of hydrogen-bond donors (Lipinski definition) is 1. The maximum absolute atomic E-state index is 13.0. The molecule has 1 aromatic carbocycles. The summed E-state index contributed by atoms with van der Waals surface area (Å²) in [4.78, 5) is 7.97. The van der Waals surface area contributed by atoms with E-state index in [9.17, 15) is 4.39 Å². The van der Waals surface area contributed by atoms with Crippen molar-refractivity contribution >= 4 is 23.2 Å². The van der Waals surface area contributed by atoms with E-state index in [2.05, 4.69) is 15.3 Å². The SMILES string of the molecule is COc1cc(Cl)nc(Nc2cccc(F)c2)n1. The fraction of sp³-hybridized carbons (Fsp3) is 0.0909. The zero-order valence-corrected chi connectivity index (χ0v) is 9.70. The van der Waals surface area contributed by atoms with Crippen LogP contribution in [0.4, 0.5) is 16.0 Å². The molecule has 1 N–H and O–H groups in total. The first-order valence-electron chi connectivity index (χ1n) is 4.78. The molecule has 0 amide bonds. The van der Waals surface area contributed by atoms with Gasteiger partial charge in [0.2, 0.25) is 11.8 Å². The predicted octanol–water partition coefficient (Wildman–Crippen LogP) is 3.02. The molecule has 1 aromatic heterocycles. The second-order valence-electron chi connectivity index (χ2n) is 3.19. The third-order valence-corrected chi connectivity index (χ3v) is 2.15. The van der Waals surface area contributed by atoms with Crippen LogP contribution >= 0.6 is 11.6 Å². The van der Waals surface area contributed by atoms with Crippen LogP contribution in [0.5, 0.6) is 5.88 Å². The Morgan fingerprint density at radius 2 is 2.12 bits per heavy atom. The second-order valence-corrected chi connectivity index (χ2v) is 3.58. The van der Waals surface area contributed by atoms with Crippen LogP contribution in [0.15, 0.2) is 30.3 Å². The Labute approximate surface area is 102 Å². The summed E-state index contributed by atoms with van der Waals surface area (Å²) in [5, 5.41) is 3.08. The quantitative estimate of drug-likeness (QED) is 0.854. The third-order valence-electron chi connectivity index (χ3n) is 1.96. The number of benzene rings is 1. The molecule has 0 bridgehead atoms. The number of ether oxygens (including phenoxy) is 1. The number of aromatic nitrogens is 2. The van der Waals surface area contributed by atoms with Crippen LogP contribution in [0.1, 0.15) is 0 Å². The number of nitrogens with one attached hydrogen (secondary N) is 1. The fourth-order valence-corrected chi connectivity index (χ4v) is 1.43. The monoisotopic (exact) mass is 253 g/mol. The number of nitrogens with zero attached hydrogens (tertiary/aromatic N) is 2. The van der Waals surface area contributed by atoms with Crippen molar-refractivity contribution in [1.29, 1.82) is 0 Å². The minimum Gasteiger partial charge on any atom is -0.481 e. The summed E-state index contributed by atoms with van der Waals surface area (Å²) in [6.45, 7) is 0. The molecule has 0 atom stereocenters. The van der Waals surface area contributed by atoms with Crippen molar-refractivity contribution in [2.45, 2.75) is 0 Å². The Balaban J connectivity index is 2.26. The Kier molecular flexibility index (Phi) is 3.39. The van der Waals surface area contributed by atoms with Gasteiger partial charge in [0.15, 0.2) is 0 Å². The van der Waals surface area contributed by atoms with Crippen molar-refractivity contribution in [2.24, 2.45) is 0 Å². The summed E-state index contributed by atoms with van der Waals surface area (Å²) in [5.41, 5.74) is 0.536. The Bertz CT molecular complexity index is 536. The van der Waals surface area contributed by atoms with E-state index in [0.717, 1.165) is 0 Å². The highest BCUT2D eigenvalue weighted by molar-refractivity contribution is 6.29. The summed E-state index contributed by atoms with van der Waals surface area (Å²) in [7, 11) is 1.48. The van der Waals surface area contributed by atoms with Gasteiger partial charge in [0, 0.05) is 11.8 Å². The molecule has 0 aliphatic carbocycles. The van der Waals surface area contributed by atoms with E-state index >= 15 is 0 Å². The summed E-state index contributed by atoms with van der Waals surface area (Å²) in [6.07, 6.45) is 0. The van der Waals surface area contributed by atoms with Crippen LogP contribution < -0.4 is 10.1 Å². The number of halogens is 2. The van der Waals surface area contributed by atoms with Crippen molar-refractivity contribution in [2.75, 3.05) is 12.4 Å². The van der Waals surface area contributed by atoms with E-state index in [4.69, 9.17) is 16.3 Å². The smallest absolute Gasteiger partial charge is 0.231 e. The molecular weight excluding hydrogens is 245 g/mol. The zero-order valence-electron chi connectivity index (χ0n) is 8.95. The topological polar surface area (TPSA) is 47.0 Å². The first-order valence-corrected chi connectivity index (χ1v) is 5.16. The highest BCUT2D eigenvalue weighted by Gasteiger charge is 2.04. The lowest BCUT2D eigenvalue weighted by atomic mass is 10.3. The minimum absolute atomic E-state index is 0.246. The van der Waals surface area contributed by atoms with Gasteiger partial charge in [0.05, 0.1) is 7.11 Å². The largest absolute Gasteiger partial charge is 0.481 e. The molecule has 0 spiro atoms. The molecule has 0 unspecified atom stereocenters. The van der Waals surface area contributed by atoms with E-state index < -0.39 is 0 Å². The standard InChI is InChI=1S/C11H9ClFN3O/c1-17-10-6-9(12)15-11(16-10)14-8-4-2-3-7(13)5-8/h2-6H,1H3,(H,14,15,16). The number of hydrogen-bond acceptors (Lipinski definition) is 4. The molecule has 0 aliphatic heterocycles. The average molecular weight is 254 g/mol. The molecule has 6 heteroatoms. The Morgan fingerprint density at radius 3 is 2.82 bits per heavy atom. The lowest BCUT2D eigenvalue weighted by Gasteiger charge is -2.06. The highest BCUT2D eigenvalue weighted by Crippen LogP contribution is 2.19.